The van der Waals surface area contributed by atoms with Gasteiger partial charge < -0.3 is 11.1 Å². The van der Waals surface area contributed by atoms with Gasteiger partial charge in [0, 0.05) is 16.9 Å². The Morgan fingerprint density at radius 2 is 1.88 bits per heavy atom. The lowest BCUT2D eigenvalue weighted by Crippen LogP contribution is -2.31. The van der Waals surface area contributed by atoms with E-state index in [1.165, 1.54) is 0 Å². The van der Waals surface area contributed by atoms with E-state index in [1.807, 2.05) is 38.1 Å². The van der Waals surface area contributed by atoms with E-state index < -0.39 is 0 Å². The van der Waals surface area contributed by atoms with Crippen molar-refractivity contribution in [1.29, 1.82) is 0 Å². The van der Waals surface area contributed by atoms with Crippen LogP contribution in [0.25, 0.3) is 0 Å². The zero-order valence-electron chi connectivity index (χ0n) is 9.94. The first-order valence-corrected chi connectivity index (χ1v) is 6.08. The third-order valence-electron chi connectivity index (χ3n) is 2.25. The summed E-state index contributed by atoms with van der Waals surface area (Å²) < 4.78 is 1.03. The second-order valence-electron chi connectivity index (χ2n) is 4.02. The lowest BCUT2D eigenvalue weighted by molar-refractivity contribution is -0.122. The molecule has 1 rings (SSSR count). The molecule has 0 spiro atoms. The summed E-state index contributed by atoms with van der Waals surface area (Å²) in [4.78, 5) is 11.5. The van der Waals surface area contributed by atoms with Crippen LogP contribution in [-0.4, -0.2) is 11.9 Å². The van der Waals surface area contributed by atoms with Crippen LogP contribution in [-0.2, 0) is 4.79 Å². The molecule has 0 aliphatic rings. The molecular weight excluding hydrogens is 304 g/mol. The van der Waals surface area contributed by atoms with E-state index in [-0.39, 0.29) is 30.4 Å². The summed E-state index contributed by atoms with van der Waals surface area (Å²) in [7, 11) is 0. The molecule has 0 aromatic heterocycles. The summed E-state index contributed by atoms with van der Waals surface area (Å²) in [5.74, 6) is -0.00887. The van der Waals surface area contributed by atoms with Gasteiger partial charge in [-0.15, -0.1) is 12.4 Å². The largest absolute Gasteiger partial charge is 0.350 e. The fourth-order valence-corrected chi connectivity index (χ4v) is 1.69. The monoisotopic (exact) mass is 320 g/mol. The van der Waals surface area contributed by atoms with Crippen LogP contribution < -0.4 is 11.1 Å². The number of carbonyl (C=O) groups excluding carboxylic acids is 1. The predicted molar refractivity (Wildman–Crippen MR) is 76.2 cm³/mol. The second-order valence-corrected chi connectivity index (χ2v) is 4.94. The number of nitrogens with two attached hydrogens (primary N) is 1. The van der Waals surface area contributed by atoms with Crippen LogP contribution in [0.15, 0.2) is 28.7 Å². The SMILES string of the molecule is CC(N)CC(=O)NC(C)c1ccc(Br)cc1.Cl. The third-order valence-corrected chi connectivity index (χ3v) is 2.78. The minimum absolute atomic E-state index is 0. The molecule has 0 fully saturated rings. The molecule has 2 atom stereocenters. The highest BCUT2D eigenvalue weighted by atomic mass is 79.9. The number of rotatable bonds is 4. The summed E-state index contributed by atoms with van der Waals surface area (Å²) in [5, 5.41) is 2.91. The maximum Gasteiger partial charge on any atom is 0.222 e. The number of hydrogen-bond acceptors (Lipinski definition) is 2. The third kappa shape index (κ3) is 6.05. The van der Waals surface area contributed by atoms with Gasteiger partial charge in [0.15, 0.2) is 0 Å². The van der Waals surface area contributed by atoms with Crippen LogP contribution in [0.4, 0.5) is 0 Å². The Morgan fingerprint density at radius 3 is 2.35 bits per heavy atom. The van der Waals surface area contributed by atoms with Crippen molar-refractivity contribution in [3.8, 4) is 0 Å². The smallest absolute Gasteiger partial charge is 0.222 e. The first-order valence-electron chi connectivity index (χ1n) is 5.29. The van der Waals surface area contributed by atoms with Crippen molar-refractivity contribution >= 4 is 34.2 Å². The Kier molecular flexibility index (Phi) is 7.43. The molecule has 0 radical (unpaired) electrons. The molecule has 3 nitrogen and oxygen atoms in total. The van der Waals surface area contributed by atoms with Crippen LogP contribution in [0.3, 0.4) is 0 Å². The normalized spacial score (nSPS) is 13.4. The molecule has 1 aromatic rings. The maximum atomic E-state index is 11.5. The molecule has 0 bridgehead atoms. The van der Waals surface area contributed by atoms with Crippen LogP contribution in [0, 0.1) is 0 Å². The summed E-state index contributed by atoms with van der Waals surface area (Å²) in [5.41, 5.74) is 6.65. The number of halogens is 2. The Balaban J connectivity index is 0.00000256. The molecule has 17 heavy (non-hydrogen) atoms. The van der Waals surface area contributed by atoms with Crippen molar-refractivity contribution in [2.75, 3.05) is 0 Å². The molecule has 0 heterocycles. The molecule has 2 unspecified atom stereocenters. The van der Waals surface area contributed by atoms with Crippen molar-refractivity contribution in [1.82, 2.24) is 5.32 Å². The van der Waals surface area contributed by atoms with Gasteiger partial charge in [0.1, 0.15) is 0 Å². The second kappa shape index (κ2) is 7.69. The molecule has 0 saturated carbocycles. The van der Waals surface area contributed by atoms with Crippen LogP contribution in [0.1, 0.15) is 31.9 Å². The van der Waals surface area contributed by atoms with E-state index in [1.54, 1.807) is 0 Å². The van der Waals surface area contributed by atoms with E-state index in [0.29, 0.717) is 6.42 Å². The molecule has 0 saturated heterocycles. The number of benzene rings is 1. The first-order chi connectivity index (χ1) is 7.49. The minimum Gasteiger partial charge on any atom is -0.350 e. The molecule has 96 valence electrons. The zero-order valence-corrected chi connectivity index (χ0v) is 12.3. The molecule has 5 heteroatoms. The average molecular weight is 322 g/mol. The van der Waals surface area contributed by atoms with Gasteiger partial charge in [0.2, 0.25) is 5.91 Å². The number of nitrogens with one attached hydrogen (secondary N) is 1. The predicted octanol–water partition coefficient (Wildman–Crippen LogP) is 2.79. The van der Waals surface area contributed by atoms with Gasteiger partial charge in [0.25, 0.3) is 0 Å². The fraction of sp³-hybridized carbons (Fsp3) is 0.417. The highest BCUT2D eigenvalue weighted by Crippen LogP contribution is 2.16. The van der Waals surface area contributed by atoms with Gasteiger partial charge in [-0.2, -0.15) is 0 Å². The maximum absolute atomic E-state index is 11.5. The molecule has 0 aliphatic heterocycles. The van der Waals surface area contributed by atoms with Gasteiger partial charge in [0.05, 0.1) is 6.04 Å². The van der Waals surface area contributed by atoms with Crippen molar-refractivity contribution in [3.05, 3.63) is 34.3 Å². The fourth-order valence-electron chi connectivity index (χ4n) is 1.43. The van der Waals surface area contributed by atoms with Gasteiger partial charge >= 0.3 is 0 Å². The standard InChI is InChI=1S/C12H17BrN2O.ClH/c1-8(14)7-12(16)15-9(2)10-3-5-11(13)6-4-10;/h3-6,8-9H,7,14H2,1-2H3,(H,15,16);1H. The topological polar surface area (TPSA) is 55.1 Å². The van der Waals surface area contributed by atoms with Crippen LogP contribution in [0.5, 0.6) is 0 Å². The summed E-state index contributed by atoms with van der Waals surface area (Å²) in [6.45, 7) is 3.78. The van der Waals surface area contributed by atoms with E-state index in [4.69, 9.17) is 5.73 Å². The number of amides is 1. The Bertz CT molecular complexity index is 354. The summed E-state index contributed by atoms with van der Waals surface area (Å²) >= 11 is 3.37. The van der Waals surface area contributed by atoms with Crippen molar-refractivity contribution in [2.45, 2.75) is 32.4 Å². The van der Waals surface area contributed by atoms with E-state index in [0.717, 1.165) is 10.0 Å². The van der Waals surface area contributed by atoms with Gasteiger partial charge in [-0.1, -0.05) is 28.1 Å². The molecule has 1 amide bonds. The number of carbonyl (C=O) groups is 1. The van der Waals surface area contributed by atoms with E-state index in [9.17, 15) is 4.79 Å². The summed E-state index contributed by atoms with van der Waals surface area (Å²) in [6, 6.07) is 7.81. The molecular formula is C12H18BrClN2O. The lowest BCUT2D eigenvalue weighted by atomic mass is 10.1. The zero-order chi connectivity index (χ0) is 12.1. The minimum atomic E-state index is -0.0999. The highest BCUT2D eigenvalue weighted by molar-refractivity contribution is 9.10. The van der Waals surface area contributed by atoms with E-state index >= 15 is 0 Å². The number of hydrogen-bond donors (Lipinski definition) is 2. The van der Waals surface area contributed by atoms with Crippen molar-refractivity contribution in [3.63, 3.8) is 0 Å². The molecule has 0 aliphatic carbocycles. The Hall–Kier alpha value is -0.580. The highest BCUT2D eigenvalue weighted by Gasteiger charge is 2.10. The van der Waals surface area contributed by atoms with Crippen LogP contribution in [0.2, 0.25) is 0 Å². The summed E-state index contributed by atoms with van der Waals surface area (Å²) in [6.07, 6.45) is 0.362. The Labute approximate surface area is 117 Å². The average Bonchev–Trinajstić information content (AvgIpc) is 2.16. The lowest BCUT2D eigenvalue weighted by Gasteiger charge is -2.15. The van der Waals surface area contributed by atoms with Crippen molar-refractivity contribution in [2.24, 2.45) is 5.73 Å². The Morgan fingerprint density at radius 1 is 1.35 bits per heavy atom. The van der Waals surface area contributed by atoms with Crippen LogP contribution >= 0.6 is 28.3 Å². The molecule has 3 N–H and O–H groups in total. The van der Waals surface area contributed by atoms with Gasteiger partial charge in [-0.25, -0.2) is 0 Å². The van der Waals surface area contributed by atoms with Gasteiger partial charge in [-0.3, -0.25) is 4.79 Å². The molecule has 1 aromatic carbocycles. The quantitative estimate of drug-likeness (QED) is 0.896. The van der Waals surface area contributed by atoms with Gasteiger partial charge in [-0.05, 0) is 31.5 Å². The first kappa shape index (κ1) is 16.4. The van der Waals surface area contributed by atoms with E-state index in [2.05, 4.69) is 21.2 Å². The van der Waals surface area contributed by atoms with Crippen molar-refractivity contribution < 1.29 is 4.79 Å².